The summed E-state index contributed by atoms with van der Waals surface area (Å²) in [6.07, 6.45) is 0. The first-order valence-corrected chi connectivity index (χ1v) is 11.7. The van der Waals surface area contributed by atoms with Gasteiger partial charge in [-0.2, -0.15) is 0 Å². The Hall–Kier alpha value is -4.30. The molecule has 2 heteroatoms. The highest BCUT2D eigenvalue weighted by Crippen LogP contribution is 2.35. The lowest BCUT2D eigenvalue weighted by Gasteiger charge is -2.08. The predicted octanol–water partition coefficient (Wildman–Crippen LogP) is 8.31. The number of nitrogens with zero attached hydrogens (tertiary/aromatic N) is 2. The van der Waals surface area contributed by atoms with Gasteiger partial charge in [-0.05, 0) is 64.7 Å². The highest BCUT2D eigenvalue weighted by molar-refractivity contribution is 6.10. The molecule has 5 aromatic carbocycles. The van der Waals surface area contributed by atoms with E-state index < -0.39 is 0 Å². The quantitative estimate of drug-likeness (QED) is 0.258. The van der Waals surface area contributed by atoms with Crippen molar-refractivity contribution in [1.29, 1.82) is 0 Å². The SMILES string of the molecule is Cn1c2ccccc2c2cc(-c3cccc(-c4ccc5c(c4)c4ccccc4n5C)c3)ccc21. The van der Waals surface area contributed by atoms with Crippen molar-refractivity contribution in [2.24, 2.45) is 14.1 Å². The summed E-state index contributed by atoms with van der Waals surface area (Å²) in [4.78, 5) is 0. The summed E-state index contributed by atoms with van der Waals surface area (Å²) in [5, 5.41) is 5.22. The minimum absolute atomic E-state index is 1.24. The van der Waals surface area contributed by atoms with Crippen molar-refractivity contribution in [2.75, 3.05) is 0 Å². The van der Waals surface area contributed by atoms with Crippen molar-refractivity contribution in [3.63, 3.8) is 0 Å². The van der Waals surface area contributed by atoms with Crippen LogP contribution in [0.4, 0.5) is 0 Å². The third-order valence-electron chi connectivity index (χ3n) is 7.36. The molecule has 162 valence electrons. The number of hydrogen-bond acceptors (Lipinski definition) is 0. The highest BCUT2D eigenvalue weighted by Gasteiger charge is 2.11. The van der Waals surface area contributed by atoms with Gasteiger partial charge in [-0.1, -0.05) is 66.7 Å². The molecule has 0 bridgehead atoms. The summed E-state index contributed by atoms with van der Waals surface area (Å²) in [6.45, 7) is 0. The summed E-state index contributed by atoms with van der Waals surface area (Å²) in [5.74, 6) is 0. The van der Waals surface area contributed by atoms with Crippen LogP contribution in [0.2, 0.25) is 0 Å². The van der Waals surface area contributed by atoms with E-state index in [2.05, 4.69) is 132 Å². The fraction of sp³-hybridized carbons (Fsp3) is 0.0625. The van der Waals surface area contributed by atoms with Crippen molar-refractivity contribution >= 4 is 43.6 Å². The van der Waals surface area contributed by atoms with E-state index >= 15 is 0 Å². The van der Waals surface area contributed by atoms with Crippen LogP contribution >= 0.6 is 0 Å². The molecule has 0 aliphatic rings. The maximum absolute atomic E-state index is 2.34. The summed E-state index contributed by atoms with van der Waals surface area (Å²) >= 11 is 0. The van der Waals surface area contributed by atoms with E-state index in [1.807, 2.05) is 0 Å². The molecular formula is C32H24N2. The lowest BCUT2D eigenvalue weighted by atomic mass is 9.97. The van der Waals surface area contributed by atoms with E-state index in [1.165, 1.54) is 65.9 Å². The maximum atomic E-state index is 2.34. The van der Waals surface area contributed by atoms with Gasteiger partial charge in [0.15, 0.2) is 0 Å². The Morgan fingerprint density at radius 3 is 1.26 bits per heavy atom. The summed E-state index contributed by atoms with van der Waals surface area (Å²) in [6, 6.07) is 39.9. The van der Waals surface area contributed by atoms with Crippen LogP contribution in [0.3, 0.4) is 0 Å². The third kappa shape index (κ3) is 2.69. The number of aryl methyl sites for hydroxylation is 2. The van der Waals surface area contributed by atoms with Crippen LogP contribution in [-0.4, -0.2) is 9.13 Å². The Morgan fingerprint density at radius 1 is 0.353 bits per heavy atom. The second-order valence-electron chi connectivity index (χ2n) is 9.20. The van der Waals surface area contributed by atoms with Gasteiger partial charge in [-0.25, -0.2) is 0 Å². The van der Waals surface area contributed by atoms with E-state index in [0.29, 0.717) is 0 Å². The molecule has 7 aromatic rings. The molecule has 0 amide bonds. The van der Waals surface area contributed by atoms with Gasteiger partial charge in [0.25, 0.3) is 0 Å². The van der Waals surface area contributed by atoms with Crippen LogP contribution in [0, 0.1) is 0 Å². The van der Waals surface area contributed by atoms with E-state index in [9.17, 15) is 0 Å². The van der Waals surface area contributed by atoms with E-state index in [1.54, 1.807) is 0 Å². The van der Waals surface area contributed by atoms with Crippen LogP contribution in [0.25, 0.3) is 65.9 Å². The smallest absolute Gasteiger partial charge is 0.0489 e. The number of hydrogen-bond donors (Lipinski definition) is 0. The zero-order chi connectivity index (χ0) is 22.8. The van der Waals surface area contributed by atoms with Gasteiger partial charge in [-0.15, -0.1) is 0 Å². The Balaban J connectivity index is 1.38. The molecule has 0 radical (unpaired) electrons. The highest BCUT2D eigenvalue weighted by atomic mass is 14.9. The Kier molecular flexibility index (Phi) is 4.01. The Bertz CT molecular complexity index is 1750. The van der Waals surface area contributed by atoms with Gasteiger partial charge in [0.05, 0.1) is 0 Å². The number of rotatable bonds is 2. The molecule has 0 aliphatic carbocycles. The van der Waals surface area contributed by atoms with Gasteiger partial charge in [-0.3, -0.25) is 0 Å². The molecule has 0 N–H and O–H groups in total. The standard InChI is InChI=1S/C32H24N2/c1-33-29-12-5-3-10-25(29)27-19-23(14-16-31(27)33)21-8-7-9-22(18-21)24-15-17-32-28(20-24)26-11-4-6-13-30(26)34(32)2/h3-20H,1-2H3. The minimum atomic E-state index is 1.24. The van der Waals surface area contributed by atoms with Gasteiger partial charge < -0.3 is 9.13 Å². The van der Waals surface area contributed by atoms with Crippen molar-refractivity contribution in [3.8, 4) is 22.3 Å². The number of fused-ring (bicyclic) bond motifs is 6. The maximum Gasteiger partial charge on any atom is 0.0489 e. The van der Waals surface area contributed by atoms with Crippen molar-refractivity contribution < 1.29 is 0 Å². The average molecular weight is 437 g/mol. The second-order valence-corrected chi connectivity index (χ2v) is 9.20. The zero-order valence-electron chi connectivity index (χ0n) is 19.3. The largest absolute Gasteiger partial charge is 0.344 e. The number of benzene rings is 5. The van der Waals surface area contributed by atoms with Crippen LogP contribution < -0.4 is 0 Å². The molecule has 34 heavy (non-hydrogen) atoms. The predicted molar refractivity (Wildman–Crippen MR) is 145 cm³/mol. The van der Waals surface area contributed by atoms with E-state index in [-0.39, 0.29) is 0 Å². The zero-order valence-corrected chi connectivity index (χ0v) is 19.3. The molecule has 2 aromatic heterocycles. The van der Waals surface area contributed by atoms with E-state index in [0.717, 1.165) is 0 Å². The molecule has 2 nitrogen and oxygen atoms in total. The van der Waals surface area contributed by atoms with Gasteiger partial charge >= 0.3 is 0 Å². The molecule has 0 unspecified atom stereocenters. The monoisotopic (exact) mass is 436 g/mol. The third-order valence-corrected chi connectivity index (χ3v) is 7.36. The fourth-order valence-electron chi connectivity index (χ4n) is 5.57. The Morgan fingerprint density at radius 2 is 0.765 bits per heavy atom. The number of para-hydroxylation sites is 2. The molecule has 0 atom stereocenters. The van der Waals surface area contributed by atoms with Crippen molar-refractivity contribution in [2.45, 2.75) is 0 Å². The lowest BCUT2D eigenvalue weighted by Crippen LogP contribution is -1.87. The van der Waals surface area contributed by atoms with Crippen LogP contribution in [0.5, 0.6) is 0 Å². The fourth-order valence-corrected chi connectivity index (χ4v) is 5.57. The number of aromatic nitrogens is 2. The van der Waals surface area contributed by atoms with Crippen LogP contribution in [-0.2, 0) is 14.1 Å². The molecular weight excluding hydrogens is 412 g/mol. The molecule has 0 fully saturated rings. The molecule has 2 heterocycles. The first-order valence-electron chi connectivity index (χ1n) is 11.7. The molecule has 0 aliphatic heterocycles. The van der Waals surface area contributed by atoms with Gasteiger partial charge in [0.2, 0.25) is 0 Å². The van der Waals surface area contributed by atoms with Crippen molar-refractivity contribution in [3.05, 3.63) is 109 Å². The summed E-state index contributed by atoms with van der Waals surface area (Å²) in [5.41, 5.74) is 10.0. The first-order chi connectivity index (χ1) is 16.7. The summed E-state index contributed by atoms with van der Waals surface area (Å²) < 4.78 is 4.56. The van der Waals surface area contributed by atoms with Gasteiger partial charge in [0.1, 0.15) is 0 Å². The summed E-state index contributed by atoms with van der Waals surface area (Å²) in [7, 11) is 4.29. The van der Waals surface area contributed by atoms with E-state index in [4.69, 9.17) is 0 Å². The Labute approximate surface area is 198 Å². The first kappa shape index (κ1) is 19.2. The normalized spacial score (nSPS) is 11.8. The molecule has 0 saturated carbocycles. The van der Waals surface area contributed by atoms with Gasteiger partial charge in [0, 0.05) is 57.7 Å². The topological polar surface area (TPSA) is 9.86 Å². The molecule has 0 spiro atoms. The van der Waals surface area contributed by atoms with Crippen LogP contribution in [0.15, 0.2) is 109 Å². The second kappa shape index (κ2) is 7.10. The van der Waals surface area contributed by atoms with Crippen LogP contribution in [0.1, 0.15) is 0 Å². The van der Waals surface area contributed by atoms with Crippen molar-refractivity contribution in [1.82, 2.24) is 9.13 Å². The average Bonchev–Trinajstić information content (AvgIpc) is 3.35. The minimum Gasteiger partial charge on any atom is -0.344 e. The molecule has 0 saturated heterocycles. The molecule has 7 rings (SSSR count). The lowest BCUT2D eigenvalue weighted by molar-refractivity contribution is 1.01.